The second-order valence-corrected chi connectivity index (χ2v) is 7.23. The van der Waals surface area contributed by atoms with Gasteiger partial charge in [0.25, 0.3) is 0 Å². The summed E-state index contributed by atoms with van der Waals surface area (Å²) < 4.78 is 14.9. The lowest BCUT2D eigenvalue weighted by molar-refractivity contribution is 0.399. The first-order chi connectivity index (χ1) is 10.2. The molecule has 2 rings (SSSR count). The summed E-state index contributed by atoms with van der Waals surface area (Å²) in [6.45, 7) is 3.20. The van der Waals surface area contributed by atoms with Crippen LogP contribution in [0.1, 0.15) is 57.4 Å². The molecule has 1 atom stereocenters. The molecule has 1 nitrogen and oxygen atoms in total. The Balaban J connectivity index is 1.92. The van der Waals surface area contributed by atoms with Crippen LogP contribution in [-0.4, -0.2) is 12.6 Å². The summed E-state index contributed by atoms with van der Waals surface area (Å²) in [7, 11) is 0. The molecule has 0 heterocycles. The van der Waals surface area contributed by atoms with Gasteiger partial charge in [-0.05, 0) is 61.9 Å². The highest BCUT2D eigenvalue weighted by molar-refractivity contribution is 9.10. The average molecular weight is 356 g/mol. The van der Waals surface area contributed by atoms with Crippen LogP contribution in [0, 0.1) is 11.7 Å². The standard InChI is InChI=1S/C18H27BrFN/c1-2-11-21-17(9-7-14-5-3-4-6-14)13-15-12-16(19)8-10-18(15)20/h8,10,12,14,17,21H,2-7,9,11,13H2,1H3. The van der Waals surface area contributed by atoms with E-state index in [9.17, 15) is 4.39 Å². The Hall–Kier alpha value is -0.410. The van der Waals surface area contributed by atoms with Gasteiger partial charge in [0.1, 0.15) is 5.82 Å². The average Bonchev–Trinajstić information content (AvgIpc) is 2.99. The monoisotopic (exact) mass is 355 g/mol. The van der Waals surface area contributed by atoms with Crippen molar-refractivity contribution in [2.24, 2.45) is 5.92 Å². The zero-order valence-corrected chi connectivity index (χ0v) is 14.6. The van der Waals surface area contributed by atoms with Crippen molar-refractivity contribution in [2.45, 2.75) is 64.3 Å². The van der Waals surface area contributed by atoms with Crippen molar-refractivity contribution < 1.29 is 4.39 Å². The van der Waals surface area contributed by atoms with Crippen LogP contribution in [0.15, 0.2) is 22.7 Å². The third-order valence-corrected chi connectivity index (χ3v) is 5.05. The predicted molar refractivity (Wildman–Crippen MR) is 91.1 cm³/mol. The first-order valence-electron chi connectivity index (χ1n) is 8.36. The lowest BCUT2D eigenvalue weighted by atomic mass is 9.95. The maximum atomic E-state index is 13.9. The number of hydrogen-bond donors (Lipinski definition) is 1. The van der Waals surface area contributed by atoms with Gasteiger partial charge < -0.3 is 5.32 Å². The molecule has 0 saturated heterocycles. The Morgan fingerprint density at radius 3 is 2.81 bits per heavy atom. The normalized spacial score (nSPS) is 17.3. The van der Waals surface area contributed by atoms with Gasteiger partial charge in [0.05, 0.1) is 0 Å². The van der Waals surface area contributed by atoms with Crippen molar-refractivity contribution in [2.75, 3.05) is 6.54 Å². The second kappa shape index (κ2) is 8.89. The van der Waals surface area contributed by atoms with E-state index >= 15 is 0 Å². The lowest BCUT2D eigenvalue weighted by Crippen LogP contribution is -2.32. The Bertz CT molecular complexity index is 429. The molecule has 1 N–H and O–H groups in total. The molecule has 1 aliphatic carbocycles. The largest absolute Gasteiger partial charge is 0.314 e. The van der Waals surface area contributed by atoms with Crippen LogP contribution in [-0.2, 0) is 6.42 Å². The highest BCUT2D eigenvalue weighted by Gasteiger charge is 2.18. The lowest BCUT2D eigenvalue weighted by Gasteiger charge is -2.21. The molecular weight excluding hydrogens is 329 g/mol. The molecule has 1 aliphatic rings. The Kier molecular flexibility index (Phi) is 7.18. The highest BCUT2D eigenvalue weighted by Crippen LogP contribution is 2.29. The van der Waals surface area contributed by atoms with Crippen LogP contribution in [0.4, 0.5) is 4.39 Å². The highest BCUT2D eigenvalue weighted by atomic mass is 79.9. The van der Waals surface area contributed by atoms with E-state index in [1.807, 2.05) is 6.07 Å². The number of nitrogens with one attached hydrogen (secondary N) is 1. The minimum Gasteiger partial charge on any atom is -0.314 e. The van der Waals surface area contributed by atoms with Crippen LogP contribution >= 0.6 is 15.9 Å². The van der Waals surface area contributed by atoms with Gasteiger partial charge in [-0.1, -0.05) is 48.5 Å². The van der Waals surface area contributed by atoms with Gasteiger partial charge in [0.15, 0.2) is 0 Å². The quantitative estimate of drug-likeness (QED) is 0.651. The minimum atomic E-state index is -0.0811. The minimum absolute atomic E-state index is 0.0811. The van der Waals surface area contributed by atoms with E-state index in [0.29, 0.717) is 6.04 Å². The molecule has 1 fully saturated rings. The van der Waals surface area contributed by atoms with Crippen molar-refractivity contribution >= 4 is 15.9 Å². The van der Waals surface area contributed by atoms with E-state index in [0.717, 1.165) is 41.8 Å². The van der Waals surface area contributed by atoms with E-state index in [2.05, 4.69) is 28.2 Å². The molecule has 0 spiro atoms. The molecule has 0 radical (unpaired) electrons. The van der Waals surface area contributed by atoms with Gasteiger partial charge in [-0.25, -0.2) is 4.39 Å². The molecule has 0 bridgehead atoms. The van der Waals surface area contributed by atoms with Crippen LogP contribution < -0.4 is 5.32 Å². The zero-order valence-electron chi connectivity index (χ0n) is 13.0. The van der Waals surface area contributed by atoms with Gasteiger partial charge >= 0.3 is 0 Å². The Labute approximate surface area is 136 Å². The van der Waals surface area contributed by atoms with E-state index in [1.165, 1.54) is 32.1 Å². The zero-order chi connectivity index (χ0) is 15.1. The number of rotatable bonds is 8. The molecule has 0 amide bonds. The summed E-state index contributed by atoms with van der Waals surface area (Å²) in [5.41, 5.74) is 0.824. The number of hydrogen-bond acceptors (Lipinski definition) is 1. The Morgan fingerprint density at radius 2 is 2.10 bits per heavy atom. The summed E-state index contributed by atoms with van der Waals surface area (Å²) in [6.07, 6.45) is 9.96. The molecule has 3 heteroatoms. The number of benzene rings is 1. The van der Waals surface area contributed by atoms with Crippen LogP contribution in [0.2, 0.25) is 0 Å². The van der Waals surface area contributed by atoms with Crippen molar-refractivity contribution in [3.8, 4) is 0 Å². The molecule has 0 aromatic heterocycles. The summed E-state index contributed by atoms with van der Waals surface area (Å²) in [6, 6.07) is 5.65. The van der Waals surface area contributed by atoms with Gasteiger partial charge in [-0.3, -0.25) is 0 Å². The fourth-order valence-electron chi connectivity index (χ4n) is 3.33. The molecule has 21 heavy (non-hydrogen) atoms. The van der Waals surface area contributed by atoms with Gasteiger partial charge in [0.2, 0.25) is 0 Å². The predicted octanol–water partition coefficient (Wildman–Crippen LogP) is 5.47. The maximum absolute atomic E-state index is 13.9. The summed E-state index contributed by atoms with van der Waals surface area (Å²) >= 11 is 3.44. The van der Waals surface area contributed by atoms with Crippen LogP contribution in [0.25, 0.3) is 0 Å². The molecular formula is C18H27BrFN. The Morgan fingerprint density at radius 1 is 1.33 bits per heavy atom. The molecule has 0 aliphatic heterocycles. The van der Waals surface area contributed by atoms with Crippen molar-refractivity contribution in [1.82, 2.24) is 5.32 Å². The summed E-state index contributed by atoms with van der Waals surface area (Å²) in [4.78, 5) is 0. The first kappa shape index (κ1) is 17.0. The third-order valence-electron chi connectivity index (χ3n) is 4.56. The smallest absolute Gasteiger partial charge is 0.126 e. The molecule has 1 saturated carbocycles. The second-order valence-electron chi connectivity index (χ2n) is 6.32. The van der Waals surface area contributed by atoms with Gasteiger partial charge in [-0.2, -0.15) is 0 Å². The summed E-state index contributed by atoms with van der Waals surface area (Å²) in [5, 5.41) is 3.61. The van der Waals surface area contributed by atoms with E-state index in [-0.39, 0.29) is 5.82 Å². The number of halogens is 2. The van der Waals surface area contributed by atoms with Crippen molar-refractivity contribution in [3.63, 3.8) is 0 Å². The fourth-order valence-corrected chi connectivity index (χ4v) is 3.73. The third kappa shape index (κ3) is 5.71. The van der Waals surface area contributed by atoms with Crippen LogP contribution in [0.3, 0.4) is 0 Å². The van der Waals surface area contributed by atoms with Crippen LogP contribution in [0.5, 0.6) is 0 Å². The van der Waals surface area contributed by atoms with E-state index < -0.39 is 0 Å². The van der Waals surface area contributed by atoms with Gasteiger partial charge in [-0.15, -0.1) is 0 Å². The fraction of sp³-hybridized carbons (Fsp3) is 0.667. The maximum Gasteiger partial charge on any atom is 0.126 e. The summed E-state index contributed by atoms with van der Waals surface area (Å²) in [5.74, 6) is 0.825. The first-order valence-corrected chi connectivity index (χ1v) is 9.15. The molecule has 1 aromatic rings. The van der Waals surface area contributed by atoms with Crippen molar-refractivity contribution in [1.29, 1.82) is 0 Å². The van der Waals surface area contributed by atoms with Gasteiger partial charge in [0, 0.05) is 10.5 Å². The van der Waals surface area contributed by atoms with E-state index in [4.69, 9.17) is 0 Å². The SMILES string of the molecule is CCCNC(CCC1CCCC1)Cc1cc(Br)ccc1F. The van der Waals surface area contributed by atoms with Crippen molar-refractivity contribution in [3.05, 3.63) is 34.1 Å². The van der Waals surface area contributed by atoms with E-state index in [1.54, 1.807) is 12.1 Å². The topological polar surface area (TPSA) is 12.0 Å². The molecule has 118 valence electrons. The molecule has 1 aromatic carbocycles. The molecule has 1 unspecified atom stereocenters.